The van der Waals surface area contributed by atoms with Gasteiger partial charge >= 0.3 is 5.97 Å². The number of ether oxygens (including phenoxy) is 1. The highest BCUT2D eigenvalue weighted by Crippen LogP contribution is 2.18. The first-order valence-corrected chi connectivity index (χ1v) is 29.9. The van der Waals surface area contributed by atoms with E-state index in [1.54, 1.807) is 0 Å². The van der Waals surface area contributed by atoms with E-state index in [-0.39, 0.29) is 18.5 Å². The lowest BCUT2D eigenvalue weighted by Gasteiger charge is -2.22. The summed E-state index contributed by atoms with van der Waals surface area (Å²) in [6.07, 6.45) is 66.4. The Morgan fingerprint density at radius 3 is 1.12 bits per heavy atom. The Hall–Kier alpha value is -1.40. The summed E-state index contributed by atoms with van der Waals surface area (Å²) in [4.78, 5) is 24.5. The fourth-order valence-electron chi connectivity index (χ4n) is 9.45. The zero-order chi connectivity index (χ0) is 47.9. The first-order chi connectivity index (χ1) is 32.5. The quantitative estimate of drug-likeness (QED) is 0.0321. The molecule has 0 fully saturated rings. The van der Waals surface area contributed by atoms with E-state index in [4.69, 9.17) is 4.74 Å². The maximum Gasteiger partial charge on any atom is 0.305 e. The first kappa shape index (κ1) is 64.6. The number of nitrogens with one attached hydrogen (secondary N) is 1. The van der Waals surface area contributed by atoms with Crippen molar-refractivity contribution in [1.82, 2.24) is 5.32 Å². The van der Waals surface area contributed by atoms with Gasteiger partial charge in [0.05, 0.1) is 25.4 Å². The molecule has 0 spiro atoms. The van der Waals surface area contributed by atoms with Crippen LogP contribution in [0.5, 0.6) is 0 Å². The van der Waals surface area contributed by atoms with E-state index in [0.717, 1.165) is 51.4 Å². The Balaban J connectivity index is 3.44. The number of hydrogen-bond donors (Lipinski definition) is 3. The van der Waals surface area contributed by atoms with Crippen LogP contribution in [0, 0.1) is 0 Å². The summed E-state index contributed by atoms with van der Waals surface area (Å²) < 4.78 is 5.45. The molecule has 0 radical (unpaired) electrons. The average molecular weight is 933 g/mol. The van der Waals surface area contributed by atoms with Crippen LogP contribution in [0.4, 0.5) is 0 Å². The second kappa shape index (κ2) is 56.2. The van der Waals surface area contributed by atoms with Gasteiger partial charge in [-0.25, -0.2) is 0 Å². The molecular weight excluding hydrogens is 815 g/mol. The van der Waals surface area contributed by atoms with Crippen molar-refractivity contribution in [2.45, 2.75) is 347 Å². The molecule has 6 heteroatoms. The number of allylic oxidation sites excluding steroid dienone is 2. The summed E-state index contributed by atoms with van der Waals surface area (Å²) >= 11 is 0. The normalized spacial score (nSPS) is 12.6. The van der Waals surface area contributed by atoms with E-state index in [9.17, 15) is 19.8 Å². The van der Waals surface area contributed by atoms with Crippen LogP contribution in [0.15, 0.2) is 12.2 Å². The Labute approximate surface area is 412 Å². The Morgan fingerprint density at radius 2 is 0.727 bits per heavy atom. The fourth-order valence-corrected chi connectivity index (χ4v) is 9.45. The van der Waals surface area contributed by atoms with Crippen LogP contribution in [-0.2, 0) is 14.3 Å². The minimum absolute atomic E-state index is 0.0153. The highest BCUT2D eigenvalue weighted by atomic mass is 16.5. The van der Waals surface area contributed by atoms with Crippen molar-refractivity contribution >= 4 is 11.9 Å². The molecule has 0 aliphatic carbocycles. The molecular formula is C60H117NO5. The molecule has 0 saturated carbocycles. The number of hydrogen-bond acceptors (Lipinski definition) is 5. The van der Waals surface area contributed by atoms with E-state index in [0.29, 0.717) is 25.9 Å². The van der Waals surface area contributed by atoms with Crippen molar-refractivity contribution in [2.75, 3.05) is 13.2 Å². The van der Waals surface area contributed by atoms with Gasteiger partial charge in [0.15, 0.2) is 0 Å². The molecule has 6 nitrogen and oxygen atoms in total. The molecule has 1 amide bonds. The first-order valence-electron chi connectivity index (χ1n) is 29.9. The lowest BCUT2D eigenvalue weighted by molar-refractivity contribution is -0.143. The molecule has 66 heavy (non-hydrogen) atoms. The van der Waals surface area contributed by atoms with Gasteiger partial charge in [0.2, 0.25) is 5.91 Å². The molecule has 0 aromatic heterocycles. The maximum atomic E-state index is 12.5. The average Bonchev–Trinajstić information content (AvgIpc) is 3.32. The number of esters is 1. The molecule has 0 aliphatic rings. The lowest BCUT2D eigenvalue weighted by Crippen LogP contribution is -2.45. The van der Waals surface area contributed by atoms with Crippen molar-refractivity contribution < 1.29 is 24.5 Å². The van der Waals surface area contributed by atoms with Crippen LogP contribution in [-0.4, -0.2) is 47.4 Å². The van der Waals surface area contributed by atoms with Gasteiger partial charge in [0, 0.05) is 12.8 Å². The summed E-state index contributed by atoms with van der Waals surface area (Å²) in [6, 6.07) is -0.552. The largest absolute Gasteiger partial charge is 0.466 e. The van der Waals surface area contributed by atoms with Gasteiger partial charge in [0.25, 0.3) is 0 Å². The monoisotopic (exact) mass is 932 g/mol. The van der Waals surface area contributed by atoms with Crippen LogP contribution in [0.2, 0.25) is 0 Å². The third-order valence-corrected chi connectivity index (χ3v) is 14.1. The summed E-state index contributed by atoms with van der Waals surface area (Å²) in [5.74, 6) is -0.0596. The molecule has 2 atom stereocenters. The van der Waals surface area contributed by atoms with Crippen LogP contribution >= 0.6 is 0 Å². The van der Waals surface area contributed by atoms with E-state index in [2.05, 4.69) is 31.3 Å². The third-order valence-electron chi connectivity index (χ3n) is 14.1. The van der Waals surface area contributed by atoms with Crippen LogP contribution < -0.4 is 5.32 Å². The summed E-state index contributed by atoms with van der Waals surface area (Å²) in [7, 11) is 0. The topological polar surface area (TPSA) is 95.9 Å². The zero-order valence-electron chi connectivity index (χ0n) is 44.7. The number of unbranched alkanes of at least 4 members (excludes halogenated alkanes) is 43. The zero-order valence-corrected chi connectivity index (χ0v) is 44.7. The molecule has 0 aromatic rings. The van der Waals surface area contributed by atoms with E-state index < -0.39 is 12.1 Å². The number of aliphatic hydroxyl groups excluding tert-OH is 2. The van der Waals surface area contributed by atoms with Gasteiger partial charge in [-0.05, 0) is 44.9 Å². The van der Waals surface area contributed by atoms with E-state index in [1.165, 1.54) is 250 Å². The Bertz CT molecular complexity index is 986. The van der Waals surface area contributed by atoms with Crippen molar-refractivity contribution in [1.29, 1.82) is 0 Å². The van der Waals surface area contributed by atoms with Gasteiger partial charge in [-0.3, -0.25) is 9.59 Å². The maximum absolute atomic E-state index is 12.5. The van der Waals surface area contributed by atoms with Gasteiger partial charge < -0.3 is 20.3 Å². The lowest BCUT2D eigenvalue weighted by atomic mass is 10.0. The molecule has 0 rings (SSSR count). The summed E-state index contributed by atoms with van der Waals surface area (Å²) in [5, 5.41) is 23.4. The second-order valence-corrected chi connectivity index (χ2v) is 20.7. The van der Waals surface area contributed by atoms with Gasteiger partial charge in [-0.15, -0.1) is 0 Å². The van der Waals surface area contributed by atoms with Gasteiger partial charge in [0.1, 0.15) is 0 Å². The predicted molar refractivity (Wildman–Crippen MR) is 287 cm³/mol. The molecule has 0 saturated heterocycles. The molecule has 0 heterocycles. The number of carbonyl (C=O) groups is 2. The van der Waals surface area contributed by atoms with Crippen LogP contribution in [0.1, 0.15) is 335 Å². The van der Waals surface area contributed by atoms with E-state index >= 15 is 0 Å². The summed E-state index contributed by atoms with van der Waals surface area (Å²) in [5.41, 5.74) is 0. The number of carbonyl (C=O) groups excluding carboxylic acids is 2. The molecule has 3 N–H and O–H groups in total. The third kappa shape index (κ3) is 52.0. The highest BCUT2D eigenvalue weighted by molar-refractivity contribution is 5.76. The molecule has 392 valence electrons. The smallest absolute Gasteiger partial charge is 0.305 e. The molecule has 2 unspecified atom stereocenters. The SMILES string of the molecule is CCCC/C=C\CCCCCCCC(=O)OCCCCCCCCCCCCCCCC(=O)NC(CO)C(O)CCCCCCCCCCCCCCCCCCCCCCCCCCC. The molecule has 0 bridgehead atoms. The molecule has 0 aliphatic heterocycles. The van der Waals surface area contributed by atoms with E-state index in [1.807, 2.05) is 0 Å². The van der Waals surface area contributed by atoms with Crippen molar-refractivity contribution in [3.05, 3.63) is 12.2 Å². The number of aliphatic hydroxyl groups is 2. The van der Waals surface area contributed by atoms with Gasteiger partial charge in [-0.2, -0.15) is 0 Å². The van der Waals surface area contributed by atoms with Crippen molar-refractivity contribution in [2.24, 2.45) is 0 Å². The minimum Gasteiger partial charge on any atom is -0.466 e. The standard InChI is InChI=1S/C60H117NO5/c1-3-5-7-9-11-13-15-16-17-18-19-20-21-22-23-24-25-26-27-29-33-36-40-44-48-52-58(63)57(56-62)61-59(64)53-49-45-41-37-34-30-28-31-35-39-43-47-51-55-66-60(65)54-50-46-42-38-32-14-12-10-8-6-4-2/h10,12,57-58,62-63H,3-9,11,13-56H2,1-2H3,(H,61,64)/b12-10-. The Morgan fingerprint density at radius 1 is 0.409 bits per heavy atom. The summed E-state index contributed by atoms with van der Waals surface area (Å²) in [6.45, 7) is 4.91. The van der Waals surface area contributed by atoms with Crippen molar-refractivity contribution in [3.8, 4) is 0 Å². The fraction of sp³-hybridized carbons (Fsp3) is 0.933. The number of rotatable bonds is 56. The predicted octanol–water partition coefficient (Wildman–Crippen LogP) is 18.5. The highest BCUT2D eigenvalue weighted by Gasteiger charge is 2.20. The number of amides is 1. The van der Waals surface area contributed by atoms with Gasteiger partial charge in [-0.1, -0.05) is 289 Å². The van der Waals surface area contributed by atoms with Crippen LogP contribution in [0.25, 0.3) is 0 Å². The van der Waals surface area contributed by atoms with Crippen LogP contribution in [0.3, 0.4) is 0 Å². The second-order valence-electron chi connectivity index (χ2n) is 20.7. The molecule has 0 aromatic carbocycles. The minimum atomic E-state index is -0.674. The van der Waals surface area contributed by atoms with Crippen molar-refractivity contribution in [3.63, 3.8) is 0 Å². The Kier molecular flexibility index (Phi) is 55.0.